The number of aromatic amines is 2. The number of hydrogen-bond donors (Lipinski definition) is 4. The van der Waals surface area contributed by atoms with Crippen molar-refractivity contribution >= 4 is 33.0 Å². The van der Waals surface area contributed by atoms with Gasteiger partial charge < -0.3 is 20.6 Å². The van der Waals surface area contributed by atoms with E-state index in [1.807, 2.05) is 0 Å². The minimum atomic E-state index is -3.65. The quantitative estimate of drug-likeness (QED) is 0.220. The van der Waals surface area contributed by atoms with E-state index in [1.54, 1.807) is 35.1 Å². The van der Waals surface area contributed by atoms with Gasteiger partial charge in [0.05, 0.1) is 40.8 Å². The summed E-state index contributed by atoms with van der Waals surface area (Å²) in [5, 5.41) is 13.9. The van der Waals surface area contributed by atoms with E-state index in [9.17, 15) is 18.0 Å². The summed E-state index contributed by atoms with van der Waals surface area (Å²) in [7, 11) is 0.706. The SMILES string of the molecule is COc1nn(Cc2ccc(C(=O)O)cc2)cc1-c1c(-c2ccc(S(=O)(=O)N(C)C)cc2)[nH]c2nc(N)[nH]c(=O)c12. The van der Waals surface area contributed by atoms with Gasteiger partial charge >= 0.3 is 5.97 Å². The Morgan fingerprint density at radius 1 is 1.10 bits per heavy atom. The second-order valence-electron chi connectivity index (χ2n) is 9.11. The maximum Gasteiger partial charge on any atom is 0.335 e. The number of hydrogen-bond acceptors (Lipinski definition) is 8. The highest BCUT2D eigenvalue weighted by molar-refractivity contribution is 7.89. The average molecular weight is 564 g/mol. The lowest BCUT2D eigenvalue weighted by atomic mass is 10.0. The lowest BCUT2D eigenvalue weighted by Crippen LogP contribution is -2.22. The first-order valence-corrected chi connectivity index (χ1v) is 13.3. The molecule has 0 amide bonds. The highest BCUT2D eigenvalue weighted by atomic mass is 32.2. The van der Waals surface area contributed by atoms with Crippen LogP contribution in [0.1, 0.15) is 15.9 Å². The molecule has 0 aliphatic heterocycles. The molecule has 14 heteroatoms. The third kappa shape index (κ3) is 4.69. The highest BCUT2D eigenvalue weighted by Crippen LogP contribution is 2.40. The van der Waals surface area contributed by atoms with Crippen LogP contribution in [0.15, 0.2) is 64.4 Å². The second-order valence-corrected chi connectivity index (χ2v) is 11.3. The monoisotopic (exact) mass is 563 g/mol. The van der Waals surface area contributed by atoms with Gasteiger partial charge in [-0.05, 0) is 35.4 Å². The molecule has 0 fully saturated rings. The summed E-state index contributed by atoms with van der Waals surface area (Å²) < 4.78 is 33.4. The minimum absolute atomic E-state index is 0.0725. The number of aromatic carboxylic acids is 1. The summed E-state index contributed by atoms with van der Waals surface area (Å²) in [6.07, 6.45) is 1.71. The standard InChI is InChI=1S/C26H25N7O6S/c1-32(2)40(37,38)17-10-8-15(9-11-17)21-19(20-22(28-21)29-26(27)30-23(20)34)18-13-33(31-24(18)39-3)12-14-4-6-16(7-5-14)25(35)36/h4-11,13H,12H2,1-3H3,(H,35,36)(H4,27,28,29,30,34). The average Bonchev–Trinajstić information content (AvgIpc) is 3.49. The van der Waals surface area contributed by atoms with Gasteiger partial charge in [-0.1, -0.05) is 24.3 Å². The summed E-state index contributed by atoms with van der Waals surface area (Å²) in [5.41, 5.74) is 8.50. The van der Waals surface area contributed by atoms with Gasteiger partial charge in [0.25, 0.3) is 5.56 Å². The first-order chi connectivity index (χ1) is 19.0. The lowest BCUT2D eigenvalue weighted by molar-refractivity contribution is 0.0697. The van der Waals surface area contributed by atoms with Crippen LogP contribution in [-0.2, 0) is 16.6 Å². The third-order valence-electron chi connectivity index (χ3n) is 6.34. The fraction of sp³-hybridized carbons (Fsp3) is 0.154. The molecule has 0 saturated carbocycles. The molecule has 5 rings (SSSR count). The molecule has 3 aromatic heterocycles. The largest absolute Gasteiger partial charge is 0.479 e. The molecular weight excluding hydrogens is 538 g/mol. The molecule has 2 aromatic carbocycles. The number of H-pyrrole nitrogens is 2. The molecule has 0 aliphatic carbocycles. The van der Waals surface area contributed by atoms with Crippen LogP contribution in [0, 0.1) is 0 Å². The number of anilines is 1. The van der Waals surface area contributed by atoms with Crippen LogP contribution in [0.5, 0.6) is 5.88 Å². The van der Waals surface area contributed by atoms with Crippen molar-refractivity contribution in [2.24, 2.45) is 0 Å². The van der Waals surface area contributed by atoms with E-state index in [4.69, 9.17) is 15.6 Å². The van der Waals surface area contributed by atoms with E-state index >= 15 is 0 Å². The molecule has 5 aromatic rings. The number of nitrogen functional groups attached to an aromatic ring is 1. The first-order valence-electron chi connectivity index (χ1n) is 11.9. The van der Waals surface area contributed by atoms with Gasteiger partial charge in [-0.3, -0.25) is 14.5 Å². The highest BCUT2D eigenvalue weighted by Gasteiger charge is 2.25. The summed E-state index contributed by atoms with van der Waals surface area (Å²) in [6.45, 7) is 0.298. The van der Waals surface area contributed by atoms with Crippen molar-refractivity contribution in [3.05, 3.63) is 76.2 Å². The van der Waals surface area contributed by atoms with Crippen molar-refractivity contribution in [1.29, 1.82) is 0 Å². The predicted octanol–water partition coefficient (Wildman–Crippen LogP) is 2.37. The normalized spacial score (nSPS) is 11.8. The molecule has 5 N–H and O–H groups in total. The van der Waals surface area contributed by atoms with Crippen LogP contribution >= 0.6 is 0 Å². The van der Waals surface area contributed by atoms with E-state index in [1.165, 1.54) is 45.5 Å². The van der Waals surface area contributed by atoms with Gasteiger partial charge in [0.2, 0.25) is 21.9 Å². The maximum absolute atomic E-state index is 13.1. The Hall–Kier alpha value is -4.95. The van der Waals surface area contributed by atoms with Crippen LogP contribution in [-0.4, -0.2) is 69.7 Å². The Bertz CT molecular complexity index is 1900. The summed E-state index contributed by atoms with van der Waals surface area (Å²) >= 11 is 0. The lowest BCUT2D eigenvalue weighted by Gasteiger charge is -2.12. The van der Waals surface area contributed by atoms with E-state index in [0.29, 0.717) is 28.9 Å². The fourth-order valence-corrected chi connectivity index (χ4v) is 5.26. The van der Waals surface area contributed by atoms with Crippen molar-refractivity contribution in [2.45, 2.75) is 11.4 Å². The topological polar surface area (TPSA) is 189 Å². The molecule has 13 nitrogen and oxygen atoms in total. The van der Waals surface area contributed by atoms with Gasteiger partial charge in [0.15, 0.2) is 0 Å². The number of nitrogens with two attached hydrogens (primary N) is 1. The van der Waals surface area contributed by atoms with Crippen LogP contribution < -0.4 is 16.0 Å². The Morgan fingerprint density at radius 3 is 2.38 bits per heavy atom. The molecule has 0 bridgehead atoms. The molecule has 0 spiro atoms. The number of ether oxygens (including phenoxy) is 1. The third-order valence-corrected chi connectivity index (χ3v) is 8.17. The van der Waals surface area contributed by atoms with Crippen LogP contribution in [0.25, 0.3) is 33.4 Å². The van der Waals surface area contributed by atoms with Crippen molar-refractivity contribution < 1.29 is 23.1 Å². The number of carboxylic acids is 1. The summed E-state index contributed by atoms with van der Waals surface area (Å²) in [4.78, 5) is 34.3. The first kappa shape index (κ1) is 26.6. The zero-order valence-corrected chi connectivity index (χ0v) is 22.5. The Labute approximate surface area is 227 Å². The molecule has 0 unspecified atom stereocenters. The minimum Gasteiger partial charge on any atom is -0.479 e. The number of sulfonamides is 1. The number of aromatic nitrogens is 5. The number of methoxy groups -OCH3 is 1. The van der Waals surface area contributed by atoms with Crippen LogP contribution in [0.2, 0.25) is 0 Å². The Balaban J connectivity index is 1.66. The number of rotatable bonds is 8. The summed E-state index contributed by atoms with van der Waals surface area (Å²) in [6, 6.07) is 12.6. The summed E-state index contributed by atoms with van der Waals surface area (Å²) in [5.74, 6) is -0.864. The van der Waals surface area contributed by atoms with E-state index in [0.717, 1.165) is 9.87 Å². The van der Waals surface area contributed by atoms with E-state index in [-0.39, 0.29) is 33.3 Å². The zero-order chi connectivity index (χ0) is 28.8. The van der Waals surface area contributed by atoms with Gasteiger partial charge in [-0.15, -0.1) is 5.10 Å². The zero-order valence-electron chi connectivity index (χ0n) is 21.7. The van der Waals surface area contributed by atoms with Gasteiger partial charge in [0.1, 0.15) is 5.65 Å². The van der Waals surface area contributed by atoms with Gasteiger partial charge in [-0.2, -0.15) is 4.98 Å². The van der Waals surface area contributed by atoms with E-state index < -0.39 is 21.6 Å². The number of carbonyl (C=O) groups is 1. The molecule has 3 heterocycles. The van der Waals surface area contributed by atoms with Crippen molar-refractivity contribution in [1.82, 2.24) is 29.0 Å². The van der Waals surface area contributed by atoms with E-state index in [2.05, 4.69) is 20.1 Å². The molecule has 0 saturated heterocycles. The van der Waals surface area contributed by atoms with Crippen LogP contribution in [0.3, 0.4) is 0 Å². The number of nitrogens with zero attached hydrogens (tertiary/aromatic N) is 4. The number of benzene rings is 2. The number of carboxylic acid groups (broad SMARTS) is 1. The van der Waals surface area contributed by atoms with Gasteiger partial charge in [-0.25, -0.2) is 17.5 Å². The molecule has 0 atom stereocenters. The van der Waals surface area contributed by atoms with Crippen LogP contribution in [0.4, 0.5) is 5.95 Å². The van der Waals surface area contributed by atoms with Gasteiger partial charge in [0, 0.05) is 25.9 Å². The molecule has 0 radical (unpaired) electrons. The van der Waals surface area contributed by atoms with Crippen molar-refractivity contribution in [3.63, 3.8) is 0 Å². The Kier molecular flexibility index (Phi) is 6.65. The number of nitrogens with one attached hydrogen (secondary N) is 2. The smallest absolute Gasteiger partial charge is 0.335 e. The fourth-order valence-electron chi connectivity index (χ4n) is 4.36. The maximum atomic E-state index is 13.1. The van der Waals surface area contributed by atoms with Crippen molar-refractivity contribution in [3.8, 4) is 28.3 Å². The predicted molar refractivity (Wildman–Crippen MR) is 148 cm³/mol. The molecule has 40 heavy (non-hydrogen) atoms. The second kappa shape index (κ2) is 9.98. The Morgan fingerprint density at radius 2 is 1.77 bits per heavy atom. The molecule has 0 aliphatic rings. The molecular formula is C26H25N7O6S. The van der Waals surface area contributed by atoms with Crippen molar-refractivity contribution in [2.75, 3.05) is 26.9 Å². The molecule has 206 valence electrons. The number of fused-ring (bicyclic) bond motifs is 1.